The monoisotopic (exact) mass is 446 g/mol. The Kier molecular flexibility index (Phi) is 5.61. The predicted octanol–water partition coefficient (Wildman–Crippen LogP) is 1.26. The van der Waals surface area contributed by atoms with Crippen LogP contribution >= 0.6 is 0 Å². The van der Waals surface area contributed by atoms with Crippen LogP contribution in [0.15, 0.2) is 35.5 Å². The molecule has 31 heavy (non-hydrogen) atoms. The number of amides is 1. The van der Waals surface area contributed by atoms with Gasteiger partial charge in [0, 0.05) is 44.4 Å². The second kappa shape index (κ2) is 8.08. The summed E-state index contributed by atoms with van der Waals surface area (Å²) in [6.07, 6.45) is 2.69. The van der Waals surface area contributed by atoms with Crippen molar-refractivity contribution in [1.82, 2.24) is 13.9 Å². The second-order valence-electron chi connectivity index (χ2n) is 8.00. The molecule has 9 nitrogen and oxygen atoms in total. The molecule has 3 heterocycles. The van der Waals surface area contributed by atoms with E-state index in [1.54, 1.807) is 18.5 Å². The molecule has 0 radical (unpaired) electrons. The third-order valence-electron chi connectivity index (χ3n) is 6.18. The van der Waals surface area contributed by atoms with Crippen molar-refractivity contribution in [2.75, 3.05) is 25.1 Å². The highest BCUT2D eigenvalue weighted by Crippen LogP contribution is 2.35. The Balaban J connectivity index is 1.50. The molecular weight excluding hydrogens is 420 g/mol. The van der Waals surface area contributed by atoms with Crippen molar-refractivity contribution in [1.29, 1.82) is 0 Å². The Labute approximate surface area is 181 Å². The van der Waals surface area contributed by atoms with E-state index in [2.05, 4.69) is 4.98 Å². The van der Waals surface area contributed by atoms with Crippen molar-refractivity contribution in [3.05, 3.63) is 41.9 Å². The Morgan fingerprint density at radius 1 is 1.16 bits per heavy atom. The molecule has 2 aliphatic heterocycles. The minimum Gasteiger partial charge on any atom is -0.467 e. The smallest absolute Gasteiger partial charge is 0.329 e. The number of esters is 1. The molecule has 4 rings (SSSR count). The molecule has 0 saturated carbocycles. The first kappa shape index (κ1) is 21.5. The first-order valence-electron chi connectivity index (χ1n) is 10.2. The van der Waals surface area contributed by atoms with Gasteiger partial charge < -0.3 is 9.30 Å². The highest BCUT2D eigenvalue weighted by Gasteiger charge is 2.43. The SMILES string of the molecule is COC(=O)C1Cc2ccccc2N1C(=O)C1CCN(S(=O)(=O)c2cn(C)c(C)n2)CC1. The second-order valence-corrected chi connectivity index (χ2v) is 9.88. The van der Waals surface area contributed by atoms with Crippen LogP contribution in [0.4, 0.5) is 5.69 Å². The number of hydrogen-bond acceptors (Lipinski definition) is 6. The number of piperidine rings is 1. The van der Waals surface area contributed by atoms with Crippen molar-refractivity contribution in [3.63, 3.8) is 0 Å². The van der Waals surface area contributed by atoms with Gasteiger partial charge in [-0.05, 0) is 31.4 Å². The van der Waals surface area contributed by atoms with E-state index in [4.69, 9.17) is 4.74 Å². The maximum atomic E-state index is 13.4. The van der Waals surface area contributed by atoms with Gasteiger partial charge in [-0.3, -0.25) is 9.69 Å². The van der Waals surface area contributed by atoms with Crippen molar-refractivity contribution >= 4 is 27.6 Å². The molecule has 1 amide bonds. The number of methoxy groups -OCH3 is 1. The van der Waals surface area contributed by atoms with Crippen LogP contribution in [0, 0.1) is 12.8 Å². The average molecular weight is 447 g/mol. The van der Waals surface area contributed by atoms with Crippen LogP contribution in [0.3, 0.4) is 0 Å². The Morgan fingerprint density at radius 3 is 2.45 bits per heavy atom. The van der Waals surface area contributed by atoms with Crippen LogP contribution in [-0.2, 0) is 37.8 Å². The topological polar surface area (TPSA) is 102 Å². The van der Waals surface area contributed by atoms with Crippen LogP contribution in [0.1, 0.15) is 24.2 Å². The summed E-state index contributed by atoms with van der Waals surface area (Å²) in [6, 6.07) is 6.77. The van der Waals surface area contributed by atoms with Crippen LogP contribution in [-0.4, -0.2) is 60.4 Å². The van der Waals surface area contributed by atoms with Gasteiger partial charge >= 0.3 is 5.97 Å². The Hall–Kier alpha value is -2.72. The molecule has 2 aromatic rings. The predicted molar refractivity (Wildman–Crippen MR) is 113 cm³/mol. The number of para-hydroxylation sites is 1. The summed E-state index contributed by atoms with van der Waals surface area (Å²) >= 11 is 0. The zero-order valence-electron chi connectivity index (χ0n) is 17.8. The zero-order chi connectivity index (χ0) is 22.3. The number of anilines is 1. The Bertz CT molecular complexity index is 1100. The molecule has 1 aromatic carbocycles. The van der Waals surface area contributed by atoms with E-state index in [9.17, 15) is 18.0 Å². The van der Waals surface area contributed by atoms with E-state index in [1.165, 1.54) is 22.5 Å². The quantitative estimate of drug-likeness (QED) is 0.656. The van der Waals surface area contributed by atoms with Crippen LogP contribution in [0.2, 0.25) is 0 Å². The number of aryl methyl sites for hydroxylation is 2. The van der Waals surface area contributed by atoms with Crippen LogP contribution < -0.4 is 4.90 Å². The molecule has 2 aliphatic rings. The summed E-state index contributed by atoms with van der Waals surface area (Å²) in [5, 5.41) is 0.0245. The number of carbonyl (C=O) groups excluding carboxylic acids is 2. The molecule has 1 saturated heterocycles. The molecule has 166 valence electrons. The summed E-state index contributed by atoms with van der Waals surface area (Å²) in [5.74, 6) is -0.360. The van der Waals surface area contributed by atoms with Gasteiger partial charge in [0.15, 0.2) is 5.03 Å². The lowest BCUT2D eigenvalue weighted by molar-refractivity contribution is -0.143. The summed E-state index contributed by atoms with van der Waals surface area (Å²) in [5.41, 5.74) is 1.65. The average Bonchev–Trinajstić information content (AvgIpc) is 3.33. The van der Waals surface area contributed by atoms with E-state index in [0.717, 1.165) is 11.3 Å². The van der Waals surface area contributed by atoms with Crippen LogP contribution in [0.5, 0.6) is 0 Å². The van der Waals surface area contributed by atoms with Crippen molar-refractivity contribution in [2.24, 2.45) is 13.0 Å². The summed E-state index contributed by atoms with van der Waals surface area (Å²) < 4.78 is 33.8. The fraction of sp³-hybridized carbons (Fsp3) is 0.476. The third-order valence-corrected chi connectivity index (χ3v) is 7.95. The van der Waals surface area contributed by atoms with Gasteiger partial charge in [-0.15, -0.1) is 0 Å². The first-order chi connectivity index (χ1) is 14.7. The molecule has 0 bridgehead atoms. The molecule has 10 heteroatoms. The lowest BCUT2D eigenvalue weighted by atomic mass is 9.96. The van der Waals surface area contributed by atoms with Crippen molar-refractivity contribution in [2.45, 2.75) is 37.3 Å². The van der Waals surface area contributed by atoms with E-state index >= 15 is 0 Å². The summed E-state index contributed by atoms with van der Waals surface area (Å²) in [6.45, 7) is 2.20. The summed E-state index contributed by atoms with van der Waals surface area (Å²) in [4.78, 5) is 31.4. The molecule has 0 aliphatic carbocycles. The normalized spacial score (nSPS) is 20.0. The fourth-order valence-electron chi connectivity index (χ4n) is 4.31. The Morgan fingerprint density at radius 2 is 1.84 bits per heavy atom. The van der Waals surface area contributed by atoms with Crippen LogP contribution in [0.25, 0.3) is 0 Å². The highest BCUT2D eigenvalue weighted by molar-refractivity contribution is 7.89. The number of nitrogens with zero attached hydrogens (tertiary/aromatic N) is 4. The number of aromatic nitrogens is 2. The first-order valence-corrected chi connectivity index (χ1v) is 11.7. The molecular formula is C21H26N4O5S. The molecule has 1 fully saturated rings. The van der Waals surface area contributed by atoms with E-state index in [1.807, 2.05) is 24.3 Å². The number of sulfonamides is 1. The maximum absolute atomic E-state index is 13.4. The van der Waals surface area contributed by atoms with Crippen molar-refractivity contribution < 1.29 is 22.7 Å². The number of hydrogen-bond donors (Lipinski definition) is 0. The lowest BCUT2D eigenvalue weighted by Crippen LogP contribution is -2.49. The standard InChI is InChI=1S/C21H26N4O5S/c1-14-22-19(13-23(14)2)31(28,29)24-10-8-15(9-11-24)20(26)25-17-7-5-4-6-16(17)12-18(25)21(27)30-3/h4-7,13,15,18H,8-12H2,1-3H3. The molecule has 1 aromatic heterocycles. The lowest BCUT2D eigenvalue weighted by Gasteiger charge is -2.33. The third kappa shape index (κ3) is 3.74. The number of ether oxygens (including phenoxy) is 1. The van der Waals surface area contributed by atoms with Gasteiger partial charge in [-0.25, -0.2) is 18.2 Å². The minimum atomic E-state index is -3.71. The highest BCUT2D eigenvalue weighted by atomic mass is 32.2. The minimum absolute atomic E-state index is 0.0245. The largest absolute Gasteiger partial charge is 0.467 e. The van der Waals surface area contributed by atoms with E-state index in [0.29, 0.717) is 25.1 Å². The van der Waals surface area contributed by atoms with Crippen molar-refractivity contribution in [3.8, 4) is 0 Å². The van der Waals surface area contributed by atoms with E-state index in [-0.39, 0.29) is 29.9 Å². The van der Waals surface area contributed by atoms with E-state index < -0.39 is 22.0 Å². The van der Waals surface area contributed by atoms with Gasteiger partial charge in [-0.1, -0.05) is 18.2 Å². The number of fused-ring (bicyclic) bond motifs is 1. The molecule has 0 N–H and O–H groups in total. The fourth-order valence-corrected chi connectivity index (χ4v) is 5.80. The number of imidazole rings is 1. The molecule has 1 unspecified atom stereocenters. The number of carbonyl (C=O) groups is 2. The number of rotatable bonds is 4. The van der Waals surface area contributed by atoms with Gasteiger partial charge in [0.1, 0.15) is 11.9 Å². The van der Waals surface area contributed by atoms with Gasteiger partial charge in [0.2, 0.25) is 5.91 Å². The van der Waals surface area contributed by atoms with Gasteiger partial charge in [0.05, 0.1) is 7.11 Å². The maximum Gasteiger partial charge on any atom is 0.329 e. The zero-order valence-corrected chi connectivity index (χ0v) is 18.6. The molecule has 1 atom stereocenters. The van der Waals surface area contributed by atoms with Gasteiger partial charge in [0.25, 0.3) is 10.0 Å². The number of benzene rings is 1. The molecule has 0 spiro atoms. The summed E-state index contributed by atoms with van der Waals surface area (Å²) in [7, 11) is -0.642. The van der Waals surface area contributed by atoms with Gasteiger partial charge in [-0.2, -0.15) is 4.31 Å².